The highest BCUT2D eigenvalue weighted by Gasteiger charge is 2.25. The highest BCUT2D eigenvalue weighted by Crippen LogP contribution is 2.23. The maximum Gasteiger partial charge on any atom is 0.200 e. The number of rotatable bonds is 4. The van der Waals surface area contributed by atoms with Crippen LogP contribution in [0.15, 0.2) is 33.9 Å². The molecule has 116 valence electrons. The van der Waals surface area contributed by atoms with Crippen molar-refractivity contribution in [2.45, 2.75) is 6.61 Å². The number of hydrogen-bond acceptors (Lipinski definition) is 2. The Balaban J connectivity index is 2.13. The number of hydrogen-bond donors (Lipinski definition) is 0. The zero-order valence-electron chi connectivity index (χ0n) is 10.7. The van der Waals surface area contributed by atoms with Gasteiger partial charge in [-0.2, -0.15) is 0 Å². The first-order chi connectivity index (χ1) is 10.4. The van der Waals surface area contributed by atoms with Crippen molar-refractivity contribution >= 4 is 22.1 Å². The summed E-state index contributed by atoms with van der Waals surface area (Å²) in [7, 11) is 0. The fourth-order valence-electron chi connectivity index (χ4n) is 1.56. The van der Waals surface area contributed by atoms with Crippen LogP contribution >= 0.6 is 15.9 Å². The van der Waals surface area contributed by atoms with E-state index < -0.39 is 41.3 Å². The van der Waals surface area contributed by atoms with E-state index in [1.54, 1.807) is 24.3 Å². The summed E-state index contributed by atoms with van der Waals surface area (Å²) < 4.78 is 66.2. The van der Waals surface area contributed by atoms with Crippen molar-refractivity contribution in [3.63, 3.8) is 0 Å². The van der Waals surface area contributed by atoms with Crippen LogP contribution in [-0.4, -0.2) is 6.21 Å². The van der Waals surface area contributed by atoms with Gasteiger partial charge >= 0.3 is 0 Å². The van der Waals surface area contributed by atoms with Crippen molar-refractivity contribution in [1.29, 1.82) is 0 Å². The molecule has 0 bridgehead atoms. The zero-order chi connectivity index (χ0) is 16.3. The lowest BCUT2D eigenvalue weighted by atomic mass is 10.2. The third kappa shape index (κ3) is 3.44. The first-order valence-corrected chi connectivity index (χ1v) is 6.62. The molecule has 2 aromatic carbocycles. The van der Waals surface area contributed by atoms with E-state index in [0.717, 1.165) is 4.47 Å². The van der Waals surface area contributed by atoms with Gasteiger partial charge in [-0.05, 0) is 17.7 Å². The van der Waals surface area contributed by atoms with Gasteiger partial charge in [-0.3, -0.25) is 0 Å². The van der Waals surface area contributed by atoms with Gasteiger partial charge in [0, 0.05) is 4.47 Å². The summed E-state index contributed by atoms with van der Waals surface area (Å²) in [6.45, 7) is -0.893. The molecule has 0 saturated carbocycles. The van der Waals surface area contributed by atoms with Gasteiger partial charge in [0.05, 0.1) is 11.8 Å². The van der Waals surface area contributed by atoms with Crippen LogP contribution in [0.25, 0.3) is 0 Å². The van der Waals surface area contributed by atoms with Crippen LogP contribution in [0.3, 0.4) is 0 Å². The molecule has 0 N–H and O–H groups in total. The maximum absolute atomic E-state index is 13.3. The number of nitrogens with zero attached hydrogens (tertiary/aromatic N) is 1. The molecule has 0 radical (unpaired) electrons. The Labute approximate surface area is 130 Å². The summed E-state index contributed by atoms with van der Waals surface area (Å²) in [5.41, 5.74) is -0.463. The molecule has 0 aromatic heterocycles. The highest BCUT2D eigenvalue weighted by molar-refractivity contribution is 9.10. The van der Waals surface area contributed by atoms with Crippen LogP contribution in [0, 0.1) is 29.1 Å². The Hall–Kier alpha value is -1.96. The fourth-order valence-corrected chi connectivity index (χ4v) is 1.98. The predicted molar refractivity (Wildman–Crippen MR) is 72.8 cm³/mol. The molecule has 2 nitrogen and oxygen atoms in total. The van der Waals surface area contributed by atoms with Gasteiger partial charge in [-0.15, -0.1) is 0 Å². The summed E-state index contributed by atoms with van der Waals surface area (Å²) in [6.07, 6.45) is 1.23. The number of benzene rings is 2. The lowest BCUT2D eigenvalue weighted by molar-refractivity contribution is 0.124. The Morgan fingerprint density at radius 3 is 2.14 bits per heavy atom. The maximum atomic E-state index is 13.3. The smallest absolute Gasteiger partial charge is 0.200 e. The minimum Gasteiger partial charge on any atom is -0.391 e. The van der Waals surface area contributed by atoms with E-state index in [0.29, 0.717) is 5.56 Å². The van der Waals surface area contributed by atoms with Gasteiger partial charge < -0.3 is 4.84 Å². The summed E-state index contributed by atoms with van der Waals surface area (Å²) in [6, 6.07) is 6.85. The SMILES string of the molecule is Fc1c(F)c(F)c(CON=Cc2cccc(Br)c2)c(F)c1F. The molecule has 0 spiro atoms. The van der Waals surface area contributed by atoms with E-state index in [9.17, 15) is 22.0 Å². The molecule has 2 rings (SSSR count). The quantitative estimate of drug-likeness (QED) is 0.248. The molecule has 22 heavy (non-hydrogen) atoms. The minimum atomic E-state index is -2.21. The third-order valence-corrected chi connectivity index (χ3v) is 3.13. The van der Waals surface area contributed by atoms with E-state index in [1.807, 2.05) is 0 Å². The average Bonchev–Trinajstić information content (AvgIpc) is 2.50. The van der Waals surface area contributed by atoms with Crippen LogP contribution < -0.4 is 0 Å². The molecule has 0 saturated heterocycles. The molecule has 0 aliphatic carbocycles. The molecule has 2 aromatic rings. The van der Waals surface area contributed by atoms with Crippen molar-refractivity contribution in [3.8, 4) is 0 Å². The van der Waals surface area contributed by atoms with Crippen molar-refractivity contribution in [1.82, 2.24) is 0 Å². The second-order valence-electron chi connectivity index (χ2n) is 4.11. The molecule has 0 fully saturated rings. The summed E-state index contributed by atoms with van der Waals surface area (Å²) >= 11 is 3.23. The minimum absolute atomic E-state index is 0.617. The summed E-state index contributed by atoms with van der Waals surface area (Å²) in [5.74, 6) is -10.1. The third-order valence-electron chi connectivity index (χ3n) is 2.63. The molecular weight excluding hydrogens is 373 g/mol. The standard InChI is InChI=1S/C14H7BrF5NO/c15-8-3-1-2-7(4-8)5-21-22-6-9-10(16)12(18)14(20)13(19)11(9)17/h1-5H,6H2. The molecule has 0 atom stereocenters. The van der Waals surface area contributed by atoms with Crippen LogP contribution in [0.4, 0.5) is 22.0 Å². The molecule has 0 aliphatic rings. The lowest BCUT2D eigenvalue weighted by Crippen LogP contribution is -2.07. The van der Waals surface area contributed by atoms with Crippen LogP contribution in [0.2, 0.25) is 0 Å². The normalized spacial score (nSPS) is 11.2. The predicted octanol–water partition coefficient (Wildman–Crippen LogP) is 4.70. The van der Waals surface area contributed by atoms with Crippen LogP contribution in [0.5, 0.6) is 0 Å². The van der Waals surface area contributed by atoms with Crippen LogP contribution in [0.1, 0.15) is 11.1 Å². The Kier molecular flexibility index (Phi) is 5.12. The molecule has 0 unspecified atom stereocenters. The van der Waals surface area contributed by atoms with Gasteiger partial charge in [-0.1, -0.05) is 33.2 Å². The largest absolute Gasteiger partial charge is 0.391 e. The topological polar surface area (TPSA) is 21.6 Å². The highest BCUT2D eigenvalue weighted by atomic mass is 79.9. The second kappa shape index (κ2) is 6.87. The average molecular weight is 380 g/mol. The van der Waals surface area contributed by atoms with Gasteiger partial charge in [-0.25, -0.2) is 22.0 Å². The molecule has 0 aliphatic heterocycles. The molecule has 0 heterocycles. The van der Waals surface area contributed by atoms with E-state index in [4.69, 9.17) is 0 Å². The van der Waals surface area contributed by atoms with Crippen molar-refractivity contribution in [2.75, 3.05) is 0 Å². The molecule has 0 amide bonds. The summed E-state index contributed by atoms with van der Waals surface area (Å²) in [4.78, 5) is 4.59. The lowest BCUT2D eigenvalue weighted by Gasteiger charge is -2.06. The second-order valence-corrected chi connectivity index (χ2v) is 5.03. The van der Waals surface area contributed by atoms with Crippen LogP contribution in [-0.2, 0) is 11.4 Å². The fraction of sp³-hybridized carbons (Fsp3) is 0.0714. The number of oxime groups is 1. The summed E-state index contributed by atoms with van der Waals surface area (Å²) in [5, 5.41) is 3.42. The van der Waals surface area contributed by atoms with Crippen molar-refractivity contribution in [2.24, 2.45) is 5.16 Å². The first kappa shape index (κ1) is 16.4. The zero-order valence-corrected chi connectivity index (χ0v) is 12.3. The first-order valence-electron chi connectivity index (χ1n) is 5.83. The van der Waals surface area contributed by atoms with Gasteiger partial charge in [0.15, 0.2) is 23.3 Å². The number of halogens is 6. The monoisotopic (exact) mass is 379 g/mol. The van der Waals surface area contributed by atoms with Gasteiger partial charge in [0.25, 0.3) is 0 Å². The van der Waals surface area contributed by atoms with Gasteiger partial charge in [0.1, 0.15) is 6.61 Å². The molecular formula is C14H7BrF5NO. The van der Waals surface area contributed by atoms with E-state index >= 15 is 0 Å². The van der Waals surface area contributed by atoms with Crippen molar-refractivity contribution < 1.29 is 26.8 Å². The Morgan fingerprint density at radius 1 is 0.955 bits per heavy atom. The van der Waals surface area contributed by atoms with Crippen molar-refractivity contribution in [3.05, 3.63) is 69.0 Å². The Morgan fingerprint density at radius 2 is 1.55 bits per heavy atom. The van der Waals surface area contributed by atoms with E-state index in [-0.39, 0.29) is 0 Å². The molecule has 8 heteroatoms. The van der Waals surface area contributed by atoms with E-state index in [2.05, 4.69) is 25.9 Å². The Bertz CT molecular complexity index is 706. The van der Waals surface area contributed by atoms with Gasteiger partial charge in [0.2, 0.25) is 5.82 Å². The van der Waals surface area contributed by atoms with E-state index in [1.165, 1.54) is 6.21 Å².